The number of piperidine rings is 1. The molecular weight excluding hydrogens is 583 g/mol. The highest BCUT2D eigenvalue weighted by Gasteiger charge is 2.27. The molecule has 214 valence electrons. The van der Waals surface area contributed by atoms with Crippen LogP contribution in [0.3, 0.4) is 0 Å². The van der Waals surface area contributed by atoms with Gasteiger partial charge in [0, 0.05) is 50.3 Å². The summed E-state index contributed by atoms with van der Waals surface area (Å²) in [5, 5.41) is 4.64. The van der Waals surface area contributed by atoms with Crippen LogP contribution in [0.25, 0.3) is 10.9 Å². The number of pyridine rings is 1. The van der Waals surface area contributed by atoms with Crippen LogP contribution < -0.4 is 20.5 Å². The molecule has 41 heavy (non-hydrogen) atoms. The van der Waals surface area contributed by atoms with E-state index >= 15 is 0 Å². The molecule has 3 aromatic heterocycles. The Hall–Kier alpha value is -3.41. The van der Waals surface area contributed by atoms with E-state index < -0.39 is 0 Å². The molecule has 1 aliphatic rings. The third-order valence-corrected chi connectivity index (χ3v) is 7.95. The van der Waals surface area contributed by atoms with Crippen molar-refractivity contribution in [3.8, 4) is 0 Å². The van der Waals surface area contributed by atoms with Crippen LogP contribution in [0.1, 0.15) is 59.2 Å². The van der Waals surface area contributed by atoms with Crippen LogP contribution in [0, 0.1) is 6.92 Å². The molecule has 1 unspecified atom stereocenters. The predicted molar refractivity (Wildman–Crippen MR) is 165 cm³/mol. The number of carbonyl (C=O) groups excluding carboxylic acids is 1. The highest BCUT2D eigenvalue weighted by atomic mass is 35.5. The topological polar surface area (TPSA) is 118 Å². The van der Waals surface area contributed by atoms with Gasteiger partial charge in [0.2, 0.25) is 5.95 Å². The molecule has 0 spiro atoms. The van der Waals surface area contributed by atoms with Crippen LogP contribution in [0.4, 0.5) is 11.6 Å². The number of benzene rings is 1. The summed E-state index contributed by atoms with van der Waals surface area (Å²) in [6.07, 6.45) is 6.83. The fourth-order valence-electron chi connectivity index (χ4n) is 5.23. The second kappa shape index (κ2) is 12.2. The van der Waals surface area contributed by atoms with E-state index in [0.717, 1.165) is 36.3 Å². The largest absolute Gasteiger partial charge is 0.377 e. The molecule has 1 aromatic carbocycles. The lowest BCUT2D eigenvalue weighted by Gasteiger charge is -2.33. The van der Waals surface area contributed by atoms with Gasteiger partial charge in [-0.1, -0.05) is 41.2 Å². The number of carbonyl (C=O) groups is 1. The summed E-state index contributed by atoms with van der Waals surface area (Å²) in [4.78, 5) is 46.7. The maximum Gasteiger partial charge on any atom is 0.281 e. The van der Waals surface area contributed by atoms with E-state index in [1.54, 1.807) is 42.4 Å². The average molecular weight is 614 g/mol. The van der Waals surface area contributed by atoms with Gasteiger partial charge in [-0.05, 0) is 50.5 Å². The zero-order valence-electron chi connectivity index (χ0n) is 23.1. The number of aryl methyl sites for hydroxylation is 1. The van der Waals surface area contributed by atoms with Crippen LogP contribution in [0.15, 0.2) is 41.5 Å². The zero-order valence-corrected chi connectivity index (χ0v) is 25.4. The molecule has 2 atom stereocenters. The molecule has 0 aliphatic carbocycles. The molecule has 13 heteroatoms. The minimum absolute atomic E-state index is 0.0925. The normalized spacial score (nSPS) is 16.0. The van der Waals surface area contributed by atoms with Crippen LogP contribution in [0.5, 0.6) is 0 Å². The summed E-state index contributed by atoms with van der Waals surface area (Å²) in [5.74, 6) is 1.06. The molecule has 5 rings (SSSR count). The van der Waals surface area contributed by atoms with Gasteiger partial charge in [0.15, 0.2) is 5.69 Å². The van der Waals surface area contributed by atoms with E-state index in [-0.39, 0.29) is 34.3 Å². The van der Waals surface area contributed by atoms with Crippen LogP contribution >= 0.6 is 35.1 Å². The van der Waals surface area contributed by atoms with E-state index in [4.69, 9.17) is 28.2 Å². The molecule has 0 radical (unpaired) electrons. The Morgan fingerprint density at radius 3 is 2.66 bits per heavy atom. The first kappa shape index (κ1) is 29.1. The zero-order chi connectivity index (χ0) is 29.3. The Morgan fingerprint density at radius 1 is 1.17 bits per heavy atom. The maximum absolute atomic E-state index is 13.7. The third kappa shape index (κ3) is 6.12. The SMILES string of the molecule is CSNC(=O)c1nc(Cl)ccc1NC(C)c1cc(C)cc2c(=O)n(C)c(N3CCC[C@@H](c4ncc(Cl)cn4)C3)nc12. The van der Waals surface area contributed by atoms with E-state index in [0.29, 0.717) is 34.1 Å². The molecular formula is C28H30Cl2N8O2S. The smallest absolute Gasteiger partial charge is 0.281 e. The first-order chi connectivity index (χ1) is 19.7. The minimum Gasteiger partial charge on any atom is -0.377 e. The summed E-state index contributed by atoms with van der Waals surface area (Å²) in [6, 6.07) is 6.92. The second-order valence-electron chi connectivity index (χ2n) is 10.1. The molecule has 0 bridgehead atoms. The van der Waals surface area contributed by atoms with Crippen molar-refractivity contribution in [2.24, 2.45) is 7.05 Å². The highest BCUT2D eigenvalue weighted by Crippen LogP contribution is 2.31. The number of amides is 1. The molecule has 1 fully saturated rings. The number of rotatable bonds is 7. The summed E-state index contributed by atoms with van der Waals surface area (Å²) in [5.41, 5.74) is 2.95. The quantitative estimate of drug-likeness (QED) is 0.212. The third-order valence-electron chi connectivity index (χ3n) is 7.15. The summed E-state index contributed by atoms with van der Waals surface area (Å²) in [6.45, 7) is 5.31. The van der Waals surface area contributed by atoms with Crippen LogP contribution in [0.2, 0.25) is 10.2 Å². The Bertz CT molecular complexity index is 1660. The number of anilines is 2. The van der Waals surface area contributed by atoms with Crippen molar-refractivity contribution in [2.45, 2.75) is 38.6 Å². The Labute approximate surface area is 252 Å². The lowest BCUT2D eigenvalue weighted by atomic mass is 9.97. The van der Waals surface area contributed by atoms with Gasteiger partial charge in [-0.25, -0.2) is 19.9 Å². The number of hydrogen-bond donors (Lipinski definition) is 2. The van der Waals surface area contributed by atoms with Crippen molar-refractivity contribution in [2.75, 3.05) is 29.6 Å². The lowest BCUT2D eigenvalue weighted by Crippen LogP contribution is -2.39. The number of hydrogen-bond acceptors (Lipinski definition) is 9. The Kier molecular flexibility index (Phi) is 8.67. The number of halogens is 2. The first-order valence-corrected chi connectivity index (χ1v) is 15.1. The summed E-state index contributed by atoms with van der Waals surface area (Å²) < 4.78 is 4.31. The van der Waals surface area contributed by atoms with Gasteiger partial charge >= 0.3 is 0 Å². The van der Waals surface area contributed by atoms with Crippen molar-refractivity contribution in [1.29, 1.82) is 0 Å². The fraction of sp³-hybridized carbons (Fsp3) is 0.357. The Balaban J connectivity index is 1.53. The van der Waals surface area contributed by atoms with Crippen molar-refractivity contribution in [3.63, 3.8) is 0 Å². The van der Waals surface area contributed by atoms with Crippen molar-refractivity contribution in [3.05, 3.63) is 79.8 Å². The minimum atomic E-state index is -0.359. The average Bonchev–Trinajstić information content (AvgIpc) is 2.96. The van der Waals surface area contributed by atoms with E-state index in [1.165, 1.54) is 11.9 Å². The lowest BCUT2D eigenvalue weighted by molar-refractivity contribution is 0.0980. The molecule has 1 aliphatic heterocycles. The van der Waals surface area contributed by atoms with Crippen LogP contribution in [-0.2, 0) is 7.05 Å². The van der Waals surface area contributed by atoms with E-state index in [1.807, 2.05) is 26.0 Å². The summed E-state index contributed by atoms with van der Waals surface area (Å²) >= 11 is 13.3. The van der Waals surface area contributed by atoms with Gasteiger partial charge in [0.05, 0.1) is 27.7 Å². The number of aromatic nitrogens is 5. The number of fused-ring (bicyclic) bond motifs is 1. The predicted octanol–water partition coefficient (Wildman–Crippen LogP) is 5.30. The molecule has 0 saturated carbocycles. The molecule has 4 heterocycles. The summed E-state index contributed by atoms with van der Waals surface area (Å²) in [7, 11) is 1.76. The molecule has 2 N–H and O–H groups in total. The van der Waals surface area contributed by atoms with Crippen molar-refractivity contribution in [1.82, 2.24) is 29.2 Å². The van der Waals surface area contributed by atoms with Gasteiger partial charge in [0.25, 0.3) is 11.5 Å². The second-order valence-corrected chi connectivity index (χ2v) is 11.5. The highest BCUT2D eigenvalue weighted by molar-refractivity contribution is 7.97. The molecule has 10 nitrogen and oxygen atoms in total. The Morgan fingerprint density at radius 2 is 1.93 bits per heavy atom. The number of nitrogens with zero attached hydrogens (tertiary/aromatic N) is 6. The van der Waals surface area contributed by atoms with Gasteiger partial charge in [-0.3, -0.25) is 18.9 Å². The van der Waals surface area contributed by atoms with Crippen molar-refractivity contribution < 1.29 is 4.79 Å². The van der Waals surface area contributed by atoms with Crippen molar-refractivity contribution >= 4 is 63.6 Å². The monoisotopic (exact) mass is 612 g/mol. The van der Waals surface area contributed by atoms with Gasteiger partial charge in [-0.15, -0.1) is 0 Å². The number of nitrogens with one attached hydrogen (secondary N) is 2. The standard InChI is InChI=1S/C28H30Cl2N8O2S/c1-15-10-19(16(2)33-21-7-8-22(30)34-24(21)26(39)36-41-4)23-20(11-15)27(40)37(3)28(35-23)38-9-5-6-17(14-38)25-31-12-18(29)13-32-25/h7-8,10-13,16-17,33H,5-6,9,14H2,1-4H3,(H,36,39)/t16?,17-/m1/s1. The molecule has 1 amide bonds. The molecule has 1 saturated heterocycles. The first-order valence-electron chi connectivity index (χ1n) is 13.2. The maximum atomic E-state index is 13.7. The van der Waals surface area contributed by atoms with E-state index in [2.05, 4.69) is 29.9 Å². The van der Waals surface area contributed by atoms with E-state index in [9.17, 15) is 9.59 Å². The van der Waals surface area contributed by atoms with Gasteiger partial charge < -0.3 is 10.2 Å². The molecule has 4 aromatic rings. The fourth-order valence-corrected chi connectivity index (χ4v) is 5.76. The van der Waals surface area contributed by atoms with Gasteiger partial charge in [-0.2, -0.15) is 0 Å². The van der Waals surface area contributed by atoms with Gasteiger partial charge in [0.1, 0.15) is 11.0 Å². The van der Waals surface area contributed by atoms with Crippen LogP contribution in [-0.4, -0.2) is 49.8 Å².